The highest BCUT2D eigenvalue weighted by Gasteiger charge is 2.14. The summed E-state index contributed by atoms with van der Waals surface area (Å²) in [6.07, 6.45) is 0.777. The molecular weight excluding hydrogens is 326 g/mol. The maximum atomic E-state index is 11.0. The van der Waals surface area contributed by atoms with Crippen molar-refractivity contribution >= 4 is 17.2 Å². The minimum Gasteiger partial charge on any atom is -0.457 e. The van der Waals surface area contributed by atoms with Crippen LogP contribution in [0.2, 0.25) is 0 Å². The average molecular weight is 353 g/mol. The molecular formula is C22H27NO3. The van der Waals surface area contributed by atoms with E-state index in [0.29, 0.717) is 17.1 Å². The van der Waals surface area contributed by atoms with Gasteiger partial charge in [0.05, 0.1) is 4.92 Å². The van der Waals surface area contributed by atoms with Gasteiger partial charge in [0.25, 0.3) is 5.69 Å². The lowest BCUT2D eigenvalue weighted by Crippen LogP contribution is -1.97. The summed E-state index contributed by atoms with van der Waals surface area (Å²) in [5.74, 6) is 1.14. The Morgan fingerprint density at radius 1 is 1.12 bits per heavy atom. The van der Waals surface area contributed by atoms with Gasteiger partial charge in [0.1, 0.15) is 11.5 Å². The number of non-ortho nitro benzene ring substituents is 1. The van der Waals surface area contributed by atoms with Crippen LogP contribution in [0.4, 0.5) is 5.69 Å². The first-order chi connectivity index (χ1) is 12.4. The van der Waals surface area contributed by atoms with Crippen LogP contribution in [0.15, 0.2) is 60.7 Å². The molecule has 0 N–H and O–H groups in total. The molecule has 0 fully saturated rings. The van der Waals surface area contributed by atoms with E-state index >= 15 is 0 Å². The molecule has 0 spiro atoms. The largest absolute Gasteiger partial charge is 0.457 e. The van der Waals surface area contributed by atoms with Crippen LogP contribution in [0, 0.1) is 17.0 Å². The summed E-state index contributed by atoms with van der Waals surface area (Å²) in [6, 6.07) is 14.3. The summed E-state index contributed by atoms with van der Waals surface area (Å²) in [6.45, 7) is 14.0. The molecule has 2 rings (SSSR count). The second-order valence-electron chi connectivity index (χ2n) is 5.67. The number of rotatable bonds is 6. The van der Waals surface area contributed by atoms with Crippen LogP contribution in [-0.2, 0) is 4.74 Å². The van der Waals surface area contributed by atoms with Crippen molar-refractivity contribution in [1.29, 1.82) is 0 Å². The Bertz CT molecular complexity index is 807. The van der Waals surface area contributed by atoms with Gasteiger partial charge in [-0.05, 0) is 31.9 Å². The van der Waals surface area contributed by atoms with Gasteiger partial charge in [-0.1, -0.05) is 63.2 Å². The molecule has 4 nitrogen and oxygen atoms in total. The number of aryl methyl sites for hydroxylation is 1. The molecule has 0 aromatic heterocycles. The highest BCUT2D eigenvalue weighted by atomic mass is 16.6. The summed E-state index contributed by atoms with van der Waals surface area (Å²) in [4.78, 5) is 10.6. The van der Waals surface area contributed by atoms with Crippen molar-refractivity contribution in [2.75, 3.05) is 0 Å². The van der Waals surface area contributed by atoms with E-state index in [-0.39, 0.29) is 5.69 Å². The van der Waals surface area contributed by atoms with Crippen molar-refractivity contribution in [1.82, 2.24) is 0 Å². The van der Waals surface area contributed by atoms with Crippen LogP contribution in [0.5, 0.6) is 0 Å². The molecule has 0 heterocycles. The van der Waals surface area contributed by atoms with Gasteiger partial charge in [-0.15, -0.1) is 0 Å². The molecule has 0 bridgehead atoms. The zero-order chi connectivity index (χ0) is 19.7. The number of nitro benzene ring substituents is 1. The molecule has 0 saturated carbocycles. The van der Waals surface area contributed by atoms with Crippen molar-refractivity contribution in [3.8, 4) is 0 Å². The highest BCUT2D eigenvalue weighted by molar-refractivity contribution is 5.71. The van der Waals surface area contributed by atoms with E-state index in [0.717, 1.165) is 23.1 Å². The van der Waals surface area contributed by atoms with Crippen LogP contribution >= 0.6 is 0 Å². The molecule has 4 heteroatoms. The van der Waals surface area contributed by atoms with Gasteiger partial charge < -0.3 is 4.74 Å². The molecule has 2 aromatic rings. The molecule has 0 amide bonds. The first-order valence-corrected chi connectivity index (χ1v) is 8.80. The predicted molar refractivity (Wildman–Crippen MR) is 109 cm³/mol. The molecule has 0 radical (unpaired) electrons. The van der Waals surface area contributed by atoms with Crippen LogP contribution in [-0.4, -0.2) is 4.92 Å². The van der Waals surface area contributed by atoms with Crippen LogP contribution in [0.1, 0.15) is 50.8 Å². The second-order valence-corrected chi connectivity index (χ2v) is 5.67. The number of hydrogen-bond donors (Lipinski definition) is 0. The van der Waals surface area contributed by atoms with Gasteiger partial charge in [-0.3, -0.25) is 10.1 Å². The van der Waals surface area contributed by atoms with Crippen molar-refractivity contribution in [2.45, 2.75) is 41.0 Å². The zero-order valence-electron chi connectivity index (χ0n) is 16.2. The first-order valence-electron chi connectivity index (χ1n) is 8.80. The lowest BCUT2D eigenvalue weighted by Gasteiger charge is -2.16. The number of ether oxygens (including phenoxy) is 1. The summed E-state index contributed by atoms with van der Waals surface area (Å²) in [7, 11) is 0. The van der Waals surface area contributed by atoms with E-state index < -0.39 is 4.92 Å². The number of nitrogens with zero attached hydrogens (tertiary/aromatic N) is 1. The lowest BCUT2D eigenvalue weighted by atomic mass is 10.1. The second kappa shape index (κ2) is 10.2. The van der Waals surface area contributed by atoms with E-state index in [1.54, 1.807) is 6.07 Å². The highest BCUT2D eigenvalue weighted by Crippen LogP contribution is 2.30. The maximum Gasteiger partial charge on any atom is 0.270 e. The Hall–Kier alpha value is -2.88. The first kappa shape index (κ1) is 21.2. The van der Waals surface area contributed by atoms with Crippen LogP contribution in [0.3, 0.4) is 0 Å². The maximum absolute atomic E-state index is 11.0. The van der Waals surface area contributed by atoms with Gasteiger partial charge in [0.2, 0.25) is 0 Å². The minimum absolute atomic E-state index is 0.0404. The molecule has 0 unspecified atom stereocenters. The van der Waals surface area contributed by atoms with Crippen molar-refractivity contribution in [3.05, 3.63) is 87.5 Å². The van der Waals surface area contributed by atoms with Gasteiger partial charge in [-0.2, -0.15) is 0 Å². The minimum atomic E-state index is -0.405. The molecule has 0 aliphatic heterocycles. The number of nitro groups is 1. The van der Waals surface area contributed by atoms with Gasteiger partial charge >= 0.3 is 0 Å². The van der Waals surface area contributed by atoms with Gasteiger partial charge in [0.15, 0.2) is 0 Å². The Labute approximate surface area is 156 Å². The zero-order valence-corrected chi connectivity index (χ0v) is 16.2. The van der Waals surface area contributed by atoms with Crippen molar-refractivity contribution in [2.24, 2.45) is 0 Å². The van der Waals surface area contributed by atoms with E-state index in [1.807, 2.05) is 65.0 Å². The third-order valence-corrected chi connectivity index (χ3v) is 3.80. The van der Waals surface area contributed by atoms with Crippen LogP contribution < -0.4 is 0 Å². The van der Waals surface area contributed by atoms with Crippen molar-refractivity contribution in [3.63, 3.8) is 0 Å². The fraction of sp³-hybridized carbons (Fsp3) is 0.273. The van der Waals surface area contributed by atoms with E-state index in [2.05, 4.69) is 6.58 Å². The normalized spacial score (nSPS) is 11.0. The SMILES string of the molecule is C=C(O/C(=C(\C)CC)c1cccc([N+](=O)[O-])c1)c1cccc(C)c1.CC. The number of benzene rings is 2. The third kappa shape index (κ3) is 5.59. The fourth-order valence-corrected chi connectivity index (χ4v) is 2.31. The predicted octanol–water partition coefficient (Wildman–Crippen LogP) is 6.76. The molecule has 2 aromatic carbocycles. The topological polar surface area (TPSA) is 52.4 Å². The van der Waals surface area contributed by atoms with E-state index in [1.165, 1.54) is 12.1 Å². The Morgan fingerprint density at radius 3 is 2.31 bits per heavy atom. The molecule has 0 atom stereocenters. The number of allylic oxidation sites excluding steroid dienone is 1. The number of hydrogen-bond acceptors (Lipinski definition) is 3. The Balaban J connectivity index is 0.00000163. The monoisotopic (exact) mass is 353 g/mol. The van der Waals surface area contributed by atoms with Crippen molar-refractivity contribution < 1.29 is 9.66 Å². The third-order valence-electron chi connectivity index (χ3n) is 3.80. The van der Waals surface area contributed by atoms with E-state index in [4.69, 9.17) is 4.74 Å². The molecule has 0 aliphatic carbocycles. The molecule has 0 saturated heterocycles. The summed E-state index contributed by atoms with van der Waals surface area (Å²) < 4.78 is 6.03. The lowest BCUT2D eigenvalue weighted by molar-refractivity contribution is -0.384. The average Bonchev–Trinajstić information content (AvgIpc) is 2.67. The Kier molecular flexibility index (Phi) is 8.29. The summed E-state index contributed by atoms with van der Waals surface area (Å²) in [5, 5.41) is 11.0. The van der Waals surface area contributed by atoms with E-state index in [9.17, 15) is 10.1 Å². The quantitative estimate of drug-likeness (QED) is 0.327. The summed E-state index contributed by atoms with van der Waals surface area (Å²) in [5.41, 5.74) is 3.73. The molecule has 0 aliphatic rings. The Morgan fingerprint density at radius 2 is 1.73 bits per heavy atom. The molecule has 26 heavy (non-hydrogen) atoms. The fourth-order valence-electron chi connectivity index (χ4n) is 2.31. The van der Waals surface area contributed by atoms with Gasteiger partial charge in [0, 0.05) is 23.3 Å². The smallest absolute Gasteiger partial charge is 0.270 e. The van der Waals surface area contributed by atoms with Crippen LogP contribution in [0.25, 0.3) is 11.5 Å². The summed E-state index contributed by atoms with van der Waals surface area (Å²) >= 11 is 0. The van der Waals surface area contributed by atoms with Gasteiger partial charge in [-0.25, -0.2) is 0 Å². The molecule has 138 valence electrons. The standard InChI is InChI=1S/C20H21NO3.C2H6/c1-5-15(3)20(18-10-7-11-19(13-18)21(22)23)24-16(4)17-9-6-8-14(2)12-17;1-2/h6-13H,4-5H2,1-3H3;1-2H3/b20-15+;.